The summed E-state index contributed by atoms with van der Waals surface area (Å²) in [6, 6.07) is 4.32. The van der Waals surface area contributed by atoms with Crippen molar-refractivity contribution in [1.29, 1.82) is 0 Å². The van der Waals surface area contributed by atoms with Gasteiger partial charge in [0.2, 0.25) is 0 Å². The highest BCUT2D eigenvalue weighted by molar-refractivity contribution is 5.56. The van der Waals surface area contributed by atoms with E-state index in [1.165, 1.54) is 27.8 Å². The molecule has 1 aromatic carbocycles. The lowest BCUT2D eigenvalue weighted by atomic mass is 9.95. The minimum Gasteiger partial charge on any atom is -0.0985 e. The maximum absolute atomic E-state index is 3.84. The molecule has 1 aromatic rings. The van der Waals surface area contributed by atoms with Gasteiger partial charge in [-0.3, -0.25) is 0 Å². The molecule has 0 heteroatoms. The summed E-state index contributed by atoms with van der Waals surface area (Å²) in [5.74, 6) is 0. The zero-order valence-electron chi connectivity index (χ0n) is 10.2. The molecular weight excluding hydrogens is 180 g/mol. The molecule has 0 saturated carbocycles. The molecule has 0 aromatic heterocycles. The van der Waals surface area contributed by atoms with Crippen molar-refractivity contribution in [2.75, 3.05) is 0 Å². The predicted octanol–water partition coefficient (Wildman–Crippen LogP) is 4.46. The molecular formula is C15H20. The molecule has 15 heavy (non-hydrogen) atoms. The summed E-state index contributed by atoms with van der Waals surface area (Å²) in [4.78, 5) is 0. The minimum absolute atomic E-state index is 1.03. The van der Waals surface area contributed by atoms with Crippen LogP contribution in [0.3, 0.4) is 0 Å². The zero-order chi connectivity index (χ0) is 11.4. The summed E-state index contributed by atoms with van der Waals surface area (Å²) < 4.78 is 0. The molecule has 0 N–H and O–H groups in total. The van der Waals surface area contributed by atoms with E-state index >= 15 is 0 Å². The molecule has 0 aliphatic carbocycles. The lowest BCUT2D eigenvalue weighted by molar-refractivity contribution is 1.14. The van der Waals surface area contributed by atoms with Crippen molar-refractivity contribution in [3.63, 3.8) is 0 Å². The predicted molar refractivity (Wildman–Crippen MR) is 69.1 cm³/mol. The van der Waals surface area contributed by atoms with E-state index in [0.29, 0.717) is 0 Å². The van der Waals surface area contributed by atoms with Crippen LogP contribution in [0.15, 0.2) is 30.4 Å². The number of aryl methyl sites for hydroxylation is 1. The van der Waals surface area contributed by atoms with Gasteiger partial charge in [0, 0.05) is 0 Å². The average molecular weight is 200 g/mol. The highest BCUT2D eigenvalue weighted by atomic mass is 14.1. The van der Waals surface area contributed by atoms with Crippen LogP contribution in [0.1, 0.15) is 36.1 Å². The van der Waals surface area contributed by atoms with E-state index in [2.05, 4.69) is 52.5 Å². The van der Waals surface area contributed by atoms with E-state index < -0.39 is 0 Å². The maximum Gasteiger partial charge on any atom is -0.00895 e. The van der Waals surface area contributed by atoms with Gasteiger partial charge in [-0.2, -0.15) is 0 Å². The van der Waals surface area contributed by atoms with Gasteiger partial charge in [0.05, 0.1) is 0 Å². The first-order valence-electron chi connectivity index (χ1n) is 5.41. The highest BCUT2D eigenvalue weighted by Gasteiger charge is 2.03. The largest absolute Gasteiger partial charge is 0.0985 e. The molecule has 0 nitrogen and oxygen atoms in total. The van der Waals surface area contributed by atoms with E-state index in [-0.39, 0.29) is 0 Å². The summed E-state index contributed by atoms with van der Waals surface area (Å²) in [6.07, 6.45) is 5.24. The number of rotatable bonds is 3. The molecule has 0 saturated heterocycles. The Morgan fingerprint density at radius 3 is 2.47 bits per heavy atom. The summed E-state index contributed by atoms with van der Waals surface area (Å²) in [5, 5.41) is 0. The van der Waals surface area contributed by atoms with Crippen LogP contribution in [0.4, 0.5) is 0 Å². The van der Waals surface area contributed by atoms with Gasteiger partial charge in [0.15, 0.2) is 0 Å². The monoisotopic (exact) mass is 200 g/mol. The van der Waals surface area contributed by atoms with Gasteiger partial charge in [-0.05, 0) is 56.4 Å². The van der Waals surface area contributed by atoms with E-state index in [4.69, 9.17) is 0 Å². The fourth-order valence-electron chi connectivity index (χ4n) is 1.75. The standard InChI is InChI=1S/C15H20/c1-6-14-9-8-12(4)15(13(14)5)10-7-11(2)3/h6-9H,1,10H2,2-5H3. The Bertz CT molecular complexity index is 391. The van der Waals surface area contributed by atoms with Crippen LogP contribution in [0, 0.1) is 13.8 Å². The summed E-state index contributed by atoms with van der Waals surface area (Å²) >= 11 is 0. The Morgan fingerprint density at radius 1 is 1.27 bits per heavy atom. The first-order valence-corrected chi connectivity index (χ1v) is 5.41. The summed E-state index contributed by atoms with van der Waals surface area (Å²) in [6.45, 7) is 12.5. The molecule has 0 aliphatic rings. The Morgan fingerprint density at radius 2 is 1.93 bits per heavy atom. The maximum atomic E-state index is 3.84. The molecule has 0 unspecified atom stereocenters. The van der Waals surface area contributed by atoms with Gasteiger partial charge in [-0.1, -0.05) is 36.4 Å². The molecule has 0 aliphatic heterocycles. The number of hydrogen-bond donors (Lipinski definition) is 0. The number of benzene rings is 1. The van der Waals surface area contributed by atoms with Gasteiger partial charge in [0.25, 0.3) is 0 Å². The van der Waals surface area contributed by atoms with Crippen LogP contribution in [-0.4, -0.2) is 0 Å². The lowest BCUT2D eigenvalue weighted by Gasteiger charge is -2.10. The van der Waals surface area contributed by atoms with Gasteiger partial charge in [-0.15, -0.1) is 0 Å². The number of allylic oxidation sites excluding steroid dienone is 2. The fourth-order valence-corrected chi connectivity index (χ4v) is 1.75. The van der Waals surface area contributed by atoms with Crippen LogP contribution in [0.5, 0.6) is 0 Å². The fraction of sp³-hybridized carbons (Fsp3) is 0.333. The normalized spacial score (nSPS) is 9.87. The van der Waals surface area contributed by atoms with Crippen molar-refractivity contribution in [3.05, 3.63) is 52.6 Å². The molecule has 0 radical (unpaired) electrons. The summed E-state index contributed by atoms with van der Waals surface area (Å²) in [7, 11) is 0. The van der Waals surface area contributed by atoms with E-state index in [1.807, 2.05) is 6.08 Å². The molecule has 0 amide bonds. The molecule has 0 spiro atoms. The first kappa shape index (κ1) is 11.8. The lowest BCUT2D eigenvalue weighted by Crippen LogP contribution is -1.95. The van der Waals surface area contributed by atoms with Gasteiger partial charge >= 0.3 is 0 Å². The van der Waals surface area contributed by atoms with E-state index in [9.17, 15) is 0 Å². The molecule has 0 atom stereocenters. The first-order chi connectivity index (χ1) is 7.06. The van der Waals surface area contributed by atoms with Crippen molar-refractivity contribution in [1.82, 2.24) is 0 Å². The zero-order valence-corrected chi connectivity index (χ0v) is 10.2. The third-order valence-corrected chi connectivity index (χ3v) is 2.81. The molecule has 0 fully saturated rings. The SMILES string of the molecule is C=Cc1ccc(C)c(CC=C(C)C)c1C. The van der Waals surface area contributed by atoms with Crippen molar-refractivity contribution in [2.24, 2.45) is 0 Å². The third kappa shape index (κ3) is 2.82. The van der Waals surface area contributed by atoms with Crippen molar-refractivity contribution >= 4 is 6.08 Å². The molecule has 0 heterocycles. The van der Waals surface area contributed by atoms with Crippen LogP contribution < -0.4 is 0 Å². The van der Waals surface area contributed by atoms with Crippen molar-refractivity contribution in [3.8, 4) is 0 Å². The average Bonchev–Trinajstić information content (AvgIpc) is 2.17. The van der Waals surface area contributed by atoms with Crippen molar-refractivity contribution < 1.29 is 0 Å². The second-order valence-corrected chi connectivity index (χ2v) is 4.26. The number of hydrogen-bond acceptors (Lipinski definition) is 0. The molecule has 1 rings (SSSR count). The van der Waals surface area contributed by atoms with Crippen molar-refractivity contribution in [2.45, 2.75) is 34.1 Å². The second-order valence-electron chi connectivity index (χ2n) is 4.26. The quantitative estimate of drug-likeness (QED) is 0.632. The molecule has 0 bridgehead atoms. The third-order valence-electron chi connectivity index (χ3n) is 2.81. The van der Waals surface area contributed by atoms with Crippen LogP contribution in [-0.2, 0) is 6.42 Å². The van der Waals surface area contributed by atoms with Crippen LogP contribution in [0.2, 0.25) is 0 Å². The van der Waals surface area contributed by atoms with Gasteiger partial charge < -0.3 is 0 Å². The Labute approximate surface area is 93.3 Å². The minimum atomic E-state index is 1.03. The Kier molecular flexibility index (Phi) is 3.90. The second kappa shape index (κ2) is 4.97. The smallest absolute Gasteiger partial charge is 0.00895 e. The van der Waals surface area contributed by atoms with Crippen LogP contribution >= 0.6 is 0 Å². The highest BCUT2D eigenvalue weighted by Crippen LogP contribution is 2.20. The van der Waals surface area contributed by atoms with Crippen LogP contribution in [0.25, 0.3) is 6.08 Å². The Hall–Kier alpha value is -1.30. The van der Waals surface area contributed by atoms with Gasteiger partial charge in [0.1, 0.15) is 0 Å². The summed E-state index contributed by atoms with van der Waals surface area (Å²) in [5.41, 5.74) is 6.79. The topological polar surface area (TPSA) is 0 Å². The van der Waals surface area contributed by atoms with E-state index in [0.717, 1.165) is 6.42 Å². The Balaban J connectivity index is 3.15. The van der Waals surface area contributed by atoms with Gasteiger partial charge in [-0.25, -0.2) is 0 Å². The van der Waals surface area contributed by atoms with E-state index in [1.54, 1.807) is 0 Å². The molecule has 80 valence electrons.